The molecule has 0 radical (unpaired) electrons. The molecule has 3 aromatic rings. The molecule has 1 saturated carbocycles. The Balaban J connectivity index is 1.60. The van der Waals surface area contributed by atoms with Crippen LogP contribution in [-0.4, -0.2) is 36.3 Å². The van der Waals surface area contributed by atoms with Crippen molar-refractivity contribution in [1.82, 2.24) is 9.97 Å². The highest BCUT2D eigenvalue weighted by Crippen LogP contribution is 2.39. The van der Waals surface area contributed by atoms with E-state index in [2.05, 4.69) is 46.2 Å². The summed E-state index contributed by atoms with van der Waals surface area (Å²) in [5.41, 5.74) is 4.74. The molecule has 1 unspecified atom stereocenters. The topological polar surface area (TPSA) is 44.3 Å². The summed E-state index contributed by atoms with van der Waals surface area (Å²) < 4.78 is 28.3. The van der Waals surface area contributed by atoms with E-state index in [0.29, 0.717) is 11.5 Å². The molecule has 1 N–H and O–H groups in total. The molecule has 5 nitrogen and oxygen atoms in total. The number of aryl methyl sites for hydroxylation is 1. The van der Waals surface area contributed by atoms with Crippen LogP contribution in [0.25, 0.3) is 11.3 Å². The van der Waals surface area contributed by atoms with Gasteiger partial charge in [0.25, 0.3) is 5.92 Å². The summed E-state index contributed by atoms with van der Waals surface area (Å²) in [4.78, 5) is 14.2. The highest BCUT2D eigenvalue weighted by molar-refractivity contribution is 5.74. The molecule has 1 fully saturated rings. The molecule has 1 aromatic carbocycles. The zero-order valence-electron chi connectivity index (χ0n) is 22.8. The molecule has 2 aliphatic rings. The maximum atomic E-state index is 14.1. The maximum absolute atomic E-state index is 14.1. The predicted molar refractivity (Wildman–Crippen MR) is 152 cm³/mol. The molecule has 0 spiro atoms. The van der Waals surface area contributed by atoms with Crippen LogP contribution in [0.4, 0.5) is 26.0 Å². The summed E-state index contributed by atoms with van der Waals surface area (Å²) in [6.45, 7) is 4.89. The lowest BCUT2D eigenvalue weighted by Crippen LogP contribution is -2.49. The van der Waals surface area contributed by atoms with Crippen LogP contribution < -0.4 is 15.1 Å². The second-order valence-electron chi connectivity index (χ2n) is 11.0. The highest BCUT2D eigenvalue weighted by atomic mass is 19.3. The average molecular weight is 520 g/mol. The minimum absolute atomic E-state index is 0.00688. The van der Waals surface area contributed by atoms with Crippen LogP contribution in [0.5, 0.6) is 0 Å². The van der Waals surface area contributed by atoms with Crippen LogP contribution in [0.2, 0.25) is 0 Å². The predicted octanol–water partition coefficient (Wildman–Crippen LogP) is 7.62. The zero-order chi connectivity index (χ0) is 26.7. The van der Waals surface area contributed by atoms with Crippen LogP contribution in [0.15, 0.2) is 54.9 Å². The number of anilines is 3. The van der Waals surface area contributed by atoms with E-state index in [0.717, 1.165) is 61.3 Å². The van der Waals surface area contributed by atoms with Crippen molar-refractivity contribution in [2.24, 2.45) is 5.92 Å². The lowest BCUT2D eigenvalue weighted by atomic mass is 9.86. The Morgan fingerprint density at radius 1 is 1.00 bits per heavy atom. The first-order chi connectivity index (χ1) is 18.3. The van der Waals surface area contributed by atoms with Crippen molar-refractivity contribution in [3.05, 3.63) is 66.0 Å². The smallest absolute Gasteiger partial charge is 0.270 e. The fourth-order valence-electron chi connectivity index (χ4n) is 5.89. The Morgan fingerprint density at radius 3 is 2.55 bits per heavy atom. The number of nitrogens with zero attached hydrogens (tertiary/aromatic N) is 4. The molecule has 7 heteroatoms. The Morgan fingerprint density at radius 2 is 1.79 bits per heavy atom. The molecule has 5 rings (SSSR count). The Hall–Kier alpha value is -3.22. The second kappa shape index (κ2) is 11.3. The van der Waals surface area contributed by atoms with Gasteiger partial charge in [-0.3, -0.25) is 4.98 Å². The molecule has 0 bridgehead atoms. The van der Waals surface area contributed by atoms with Gasteiger partial charge in [-0.15, -0.1) is 0 Å². The van der Waals surface area contributed by atoms with E-state index in [-0.39, 0.29) is 11.7 Å². The number of hydrogen-bond acceptors (Lipinski definition) is 5. The van der Waals surface area contributed by atoms with Crippen molar-refractivity contribution in [3.63, 3.8) is 0 Å². The number of benzene rings is 1. The maximum Gasteiger partial charge on any atom is 0.270 e. The first-order valence-electron chi connectivity index (χ1n) is 14.0. The van der Waals surface area contributed by atoms with Crippen molar-refractivity contribution < 1.29 is 8.78 Å². The van der Waals surface area contributed by atoms with Crippen LogP contribution in [-0.2, 0) is 5.92 Å². The summed E-state index contributed by atoms with van der Waals surface area (Å²) in [5, 5.41) is 3.91. The van der Waals surface area contributed by atoms with E-state index >= 15 is 0 Å². The third kappa shape index (κ3) is 5.77. The van der Waals surface area contributed by atoms with Gasteiger partial charge < -0.3 is 15.1 Å². The average Bonchev–Trinajstić information content (AvgIpc) is 2.92. The van der Waals surface area contributed by atoms with Gasteiger partial charge >= 0.3 is 0 Å². The quantitative estimate of drug-likeness (QED) is 0.363. The lowest BCUT2D eigenvalue weighted by molar-refractivity contribution is 0.0175. The number of aromatic nitrogens is 2. The third-order valence-corrected chi connectivity index (χ3v) is 8.10. The Bertz CT molecular complexity index is 1230. The van der Waals surface area contributed by atoms with Gasteiger partial charge in [-0.25, -0.2) is 13.8 Å². The van der Waals surface area contributed by atoms with Gasteiger partial charge in [0.1, 0.15) is 6.17 Å². The van der Waals surface area contributed by atoms with Crippen molar-refractivity contribution in [1.29, 1.82) is 0 Å². The van der Waals surface area contributed by atoms with Crippen LogP contribution in [0, 0.1) is 12.8 Å². The second-order valence-corrected chi connectivity index (χ2v) is 11.0. The number of halogens is 2. The molecular formula is C31H39F2N5. The fourth-order valence-corrected chi connectivity index (χ4v) is 5.89. The fraction of sp³-hybridized carbons (Fsp3) is 0.484. The highest BCUT2D eigenvalue weighted by Gasteiger charge is 2.33. The van der Waals surface area contributed by atoms with Gasteiger partial charge in [-0.05, 0) is 68.4 Å². The van der Waals surface area contributed by atoms with Gasteiger partial charge in [-0.2, -0.15) is 0 Å². The SMILES string of the molecule is Cc1cnccc1NC(C1CCCCC1)N1CCCCN(C)c2ccc(-c3cccc(C(C)(F)F)c3)nc21. The molecule has 202 valence electrons. The number of nitrogens with one attached hydrogen (secondary N) is 1. The normalized spacial score (nSPS) is 17.9. The van der Waals surface area contributed by atoms with Crippen molar-refractivity contribution in [2.45, 2.75) is 70.9 Å². The van der Waals surface area contributed by atoms with Gasteiger partial charge in [0, 0.05) is 56.3 Å². The van der Waals surface area contributed by atoms with E-state index < -0.39 is 5.92 Å². The van der Waals surface area contributed by atoms with Gasteiger partial charge in [-0.1, -0.05) is 37.5 Å². The number of rotatable bonds is 6. The van der Waals surface area contributed by atoms with Crippen molar-refractivity contribution in [2.75, 3.05) is 35.3 Å². The third-order valence-electron chi connectivity index (χ3n) is 8.10. The Kier molecular flexibility index (Phi) is 7.82. The van der Waals surface area contributed by atoms with E-state index in [1.165, 1.54) is 38.2 Å². The zero-order valence-corrected chi connectivity index (χ0v) is 22.8. The number of hydrogen-bond donors (Lipinski definition) is 1. The standard InChI is InChI=1S/C31H39F2N5/c1-22-21-34-17-16-26(22)35-29(23-10-5-4-6-11-23)38-19-8-7-18-37(3)28-15-14-27(36-30(28)38)24-12-9-13-25(20-24)31(2,32)33/h9,12-17,20-21,23,29H,4-8,10-11,18-19H2,1-3H3,(H,34,35). The lowest BCUT2D eigenvalue weighted by Gasteiger charge is -2.43. The molecule has 1 aliphatic heterocycles. The minimum Gasteiger partial charge on any atom is -0.372 e. The summed E-state index contributed by atoms with van der Waals surface area (Å²) in [5.74, 6) is -1.49. The van der Waals surface area contributed by atoms with Gasteiger partial charge in [0.15, 0.2) is 5.82 Å². The number of fused-ring (bicyclic) bond motifs is 1. The van der Waals surface area contributed by atoms with Crippen LogP contribution >= 0.6 is 0 Å². The molecule has 0 amide bonds. The Labute approximate surface area is 225 Å². The summed E-state index contributed by atoms with van der Waals surface area (Å²) in [6.07, 6.45) is 12.1. The molecule has 3 heterocycles. The van der Waals surface area contributed by atoms with E-state index in [4.69, 9.17) is 4.98 Å². The van der Waals surface area contributed by atoms with E-state index in [9.17, 15) is 8.78 Å². The van der Waals surface area contributed by atoms with E-state index in [1.807, 2.05) is 24.5 Å². The summed E-state index contributed by atoms with van der Waals surface area (Å²) in [6, 6.07) is 12.8. The summed E-state index contributed by atoms with van der Waals surface area (Å²) in [7, 11) is 2.12. The van der Waals surface area contributed by atoms with Crippen molar-refractivity contribution >= 4 is 17.2 Å². The summed E-state index contributed by atoms with van der Waals surface area (Å²) >= 11 is 0. The molecule has 38 heavy (non-hydrogen) atoms. The van der Waals surface area contributed by atoms with Gasteiger partial charge in [0.05, 0.1) is 11.4 Å². The minimum atomic E-state index is -2.90. The van der Waals surface area contributed by atoms with Crippen LogP contribution in [0.1, 0.15) is 63.0 Å². The van der Waals surface area contributed by atoms with E-state index in [1.54, 1.807) is 12.1 Å². The van der Waals surface area contributed by atoms with Gasteiger partial charge in [0.2, 0.25) is 0 Å². The first-order valence-corrected chi connectivity index (χ1v) is 14.0. The molecule has 2 aromatic heterocycles. The van der Waals surface area contributed by atoms with Crippen molar-refractivity contribution in [3.8, 4) is 11.3 Å². The monoisotopic (exact) mass is 519 g/mol. The number of alkyl halides is 2. The molecule has 1 aliphatic carbocycles. The molecule has 1 atom stereocenters. The first kappa shape index (κ1) is 26.4. The number of pyridine rings is 2. The largest absolute Gasteiger partial charge is 0.372 e. The van der Waals surface area contributed by atoms with Crippen LogP contribution in [0.3, 0.4) is 0 Å². The molecule has 0 saturated heterocycles. The molecular weight excluding hydrogens is 480 g/mol.